The third-order valence-corrected chi connectivity index (χ3v) is 6.08. The first-order valence-corrected chi connectivity index (χ1v) is 11.4. The van der Waals surface area contributed by atoms with E-state index < -0.39 is 0 Å². The summed E-state index contributed by atoms with van der Waals surface area (Å²) in [5.74, 6) is -0.0700. The first kappa shape index (κ1) is 23.0. The molecule has 31 heavy (non-hydrogen) atoms. The highest BCUT2D eigenvalue weighted by Crippen LogP contribution is 2.23. The molecule has 0 bridgehead atoms. The van der Waals surface area contributed by atoms with Gasteiger partial charge in [0.1, 0.15) is 0 Å². The number of nitrogens with zero attached hydrogens (tertiary/aromatic N) is 2. The van der Waals surface area contributed by atoms with Crippen LogP contribution < -0.4 is 10.9 Å². The van der Waals surface area contributed by atoms with Crippen LogP contribution in [-0.2, 0) is 22.5 Å². The topological polar surface area (TPSA) is 73.2 Å². The average molecular weight is 440 g/mol. The van der Waals surface area contributed by atoms with E-state index in [0.29, 0.717) is 35.8 Å². The predicted molar refractivity (Wildman–Crippen MR) is 126 cm³/mol. The van der Waals surface area contributed by atoms with E-state index in [1.807, 2.05) is 43.3 Å². The molecule has 2 aromatic carbocycles. The van der Waals surface area contributed by atoms with Gasteiger partial charge in [-0.25, -0.2) is 4.98 Å². The van der Waals surface area contributed by atoms with Crippen LogP contribution in [0.25, 0.3) is 10.9 Å². The molecule has 1 heterocycles. The van der Waals surface area contributed by atoms with E-state index in [0.717, 1.165) is 19.3 Å². The molecule has 1 aromatic heterocycles. The molecule has 0 fully saturated rings. The Morgan fingerprint density at radius 1 is 1.13 bits per heavy atom. The van der Waals surface area contributed by atoms with E-state index in [4.69, 9.17) is 9.72 Å². The number of nitrogens with one attached hydrogen (secondary N) is 1. The predicted octanol–water partition coefficient (Wildman–Crippen LogP) is 3.66. The summed E-state index contributed by atoms with van der Waals surface area (Å²) >= 11 is 1.33. The molecule has 1 atom stereocenters. The van der Waals surface area contributed by atoms with Crippen molar-refractivity contribution in [1.29, 1.82) is 0 Å². The van der Waals surface area contributed by atoms with Crippen LogP contribution in [0.1, 0.15) is 25.3 Å². The minimum atomic E-state index is -0.365. The Hall–Kier alpha value is -2.64. The smallest absolute Gasteiger partial charge is 0.262 e. The van der Waals surface area contributed by atoms with E-state index in [-0.39, 0.29) is 16.7 Å². The SMILES string of the molecule is COCCCNC(=O)C(C)Sc1nc2ccccc2c(=O)n1CCCc1ccccc1. The maximum Gasteiger partial charge on any atom is 0.262 e. The number of hydrogen-bond acceptors (Lipinski definition) is 5. The van der Waals surface area contributed by atoms with Gasteiger partial charge < -0.3 is 10.1 Å². The van der Waals surface area contributed by atoms with Crippen molar-refractivity contribution in [2.75, 3.05) is 20.3 Å². The lowest BCUT2D eigenvalue weighted by atomic mass is 10.1. The Morgan fingerprint density at radius 2 is 1.87 bits per heavy atom. The number of thioether (sulfide) groups is 1. The van der Waals surface area contributed by atoms with Gasteiger partial charge in [-0.1, -0.05) is 54.2 Å². The second kappa shape index (κ2) is 11.7. The van der Waals surface area contributed by atoms with Gasteiger partial charge in [-0.15, -0.1) is 0 Å². The number of carbonyl (C=O) groups is 1. The van der Waals surface area contributed by atoms with Crippen molar-refractivity contribution in [3.8, 4) is 0 Å². The third kappa shape index (κ3) is 6.42. The third-order valence-electron chi connectivity index (χ3n) is 4.99. The Bertz CT molecular complexity index is 1050. The van der Waals surface area contributed by atoms with Gasteiger partial charge in [0.05, 0.1) is 16.2 Å². The highest BCUT2D eigenvalue weighted by Gasteiger charge is 2.19. The zero-order chi connectivity index (χ0) is 22.1. The molecular formula is C24H29N3O3S. The van der Waals surface area contributed by atoms with Gasteiger partial charge in [0.15, 0.2) is 5.16 Å². The number of para-hydroxylation sites is 1. The Balaban J connectivity index is 1.77. The molecule has 0 saturated heterocycles. The Kier molecular flexibility index (Phi) is 8.67. The summed E-state index contributed by atoms with van der Waals surface area (Å²) in [7, 11) is 1.64. The van der Waals surface area contributed by atoms with Crippen molar-refractivity contribution in [3.63, 3.8) is 0 Å². The number of methoxy groups -OCH3 is 1. The summed E-state index contributed by atoms with van der Waals surface area (Å²) in [5, 5.41) is 3.73. The van der Waals surface area contributed by atoms with Crippen LogP contribution in [0.15, 0.2) is 64.5 Å². The van der Waals surface area contributed by atoms with Crippen molar-refractivity contribution in [3.05, 3.63) is 70.5 Å². The van der Waals surface area contributed by atoms with Crippen molar-refractivity contribution >= 4 is 28.6 Å². The number of rotatable bonds is 11. The number of benzene rings is 2. The van der Waals surface area contributed by atoms with Crippen LogP contribution in [0.4, 0.5) is 0 Å². The van der Waals surface area contributed by atoms with Gasteiger partial charge in [0.2, 0.25) is 5.91 Å². The zero-order valence-electron chi connectivity index (χ0n) is 18.0. The van der Waals surface area contributed by atoms with E-state index >= 15 is 0 Å². The summed E-state index contributed by atoms with van der Waals surface area (Å²) in [6.45, 7) is 3.56. The van der Waals surface area contributed by atoms with E-state index in [2.05, 4.69) is 17.4 Å². The molecule has 0 aliphatic heterocycles. The van der Waals surface area contributed by atoms with Gasteiger partial charge in [0, 0.05) is 26.8 Å². The molecule has 0 aliphatic rings. The van der Waals surface area contributed by atoms with Crippen molar-refractivity contribution < 1.29 is 9.53 Å². The van der Waals surface area contributed by atoms with Gasteiger partial charge >= 0.3 is 0 Å². The molecule has 1 unspecified atom stereocenters. The molecule has 3 aromatic rings. The fraction of sp³-hybridized carbons (Fsp3) is 0.375. The number of aryl methyl sites for hydroxylation is 1. The molecule has 7 heteroatoms. The van der Waals surface area contributed by atoms with Gasteiger partial charge in [-0.3, -0.25) is 14.2 Å². The van der Waals surface area contributed by atoms with Crippen molar-refractivity contribution in [2.45, 2.75) is 43.1 Å². The number of aromatic nitrogens is 2. The first-order valence-electron chi connectivity index (χ1n) is 10.6. The van der Waals surface area contributed by atoms with Crippen molar-refractivity contribution in [2.24, 2.45) is 0 Å². The van der Waals surface area contributed by atoms with Crippen LogP contribution >= 0.6 is 11.8 Å². The van der Waals surface area contributed by atoms with Crippen molar-refractivity contribution in [1.82, 2.24) is 14.9 Å². The minimum absolute atomic E-state index is 0.0612. The second-order valence-electron chi connectivity index (χ2n) is 7.35. The molecule has 1 N–H and O–H groups in total. The fourth-order valence-electron chi connectivity index (χ4n) is 3.30. The van der Waals surface area contributed by atoms with Crippen LogP contribution in [-0.4, -0.2) is 41.0 Å². The quantitative estimate of drug-likeness (QED) is 0.280. The lowest BCUT2D eigenvalue weighted by molar-refractivity contribution is -0.120. The zero-order valence-corrected chi connectivity index (χ0v) is 18.9. The van der Waals surface area contributed by atoms with E-state index in [9.17, 15) is 9.59 Å². The lowest BCUT2D eigenvalue weighted by Gasteiger charge is -2.16. The van der Waals surface area contributed by atoms with Gasteiger partial charge in [0.25, 0.3) is 5.56 Å². The molecule has 0 saturated carbocycles. The first-order chi connectivity index (χ1) is 15.1. The summed E-state index contributed by atoms with van der Waals surface area (Å²) in [6.07, 6.45) is 2.45. The molecule has 3 rings (SSSR count). The summed E-state index contributed by atoms with van der Waals surface area (Å²) < 4.78 is 6.73. The average Bonchev–Trinajstić information content (AvgIpc) is 2.79. The van der Waals surface area contributed by atoms with Crippen LogP contribution in [0.2, 0.25) is 0 Å². The molecule has 164 valence electrons. The number of hydrogen-bond donors (Lipinski definition) is 1. The number of ether oxygens (including phenoxy) is 1. The molecule has 0 aliphatic carbocycles. The largest absolute Gasteiger partial charge is 0.385 e. The molecular weight excluding hydrogens is 410 g/mol. The second-order valence-corrected chi connectivity index (χ2v) is 8.66. The van der Waals surface area contributed by atoms with E-state index in [1.165, 1.54) is 17.3 Å². The molecule has 1 amide bonds. The molecule has 6 nitrogen and oxygen atoms in total. The fourth-order valence-corrected chi connectivity index (χ4v) is 4.26. The van der Waals surface area contributed by atoms with Crippen LogP contribution in [0, 0.1) is 0 Å². The van der Waals surface area contributed by atoms with Gasteiger partial charge in [-0.05, 0) is 43.9 Å². The summed E-state index contributed by atoms with van der Waals surface area (Å²) in [5.41, 5.74) is 1.83. The van der Waals surface area contributed by atoms with Crippen LogP contribution in [0.5, 0.6) is 0 Å². The Labute approximate surface area is 187 Å². The lowest BCUT2D eigenvalue weighted by Crippen LogP contribution is -2.33. The monoisotopic (exact) mass is 439 g/mol. The number of fused-ring (bicyclic) bond motifs is 1. The van der Waals surface area contributed by atoms with Crippen LogP contribution in [0.3, 0.4) is 0 Å². The molecule has 0 radical (unpaired) electrons. The number of amides is 1. The minimum Gasteiger partial charge on any atom is -0.385 e. The maximum atomic E-state index is 13.2. The summed E-state index contributed by atoms with van der Waals surface area (Å²) in [4.78, 5) is 30.4. The Morgan fingerprint density at radius 3 is 2.65 bits per heavy atom. The molecule has 0 spiro atoms. The number of carbonyl (C=O) groups excluding carboxylic acids is 1. The van der Waals surface area contributed by atoms with E-state index in [1.54, 1.807) is 17.7 Å². The normalized spacial score (nSPS) is 12.1. The standard InChI is InChI=1S/C24H29N3O3S/c1-18(22(28)25-15-9-17-30-2)31-24-26-21-14-7-6-13-20(21)23(29)27(24)16-8-12-19-10-4-3-5-11-19/h3-7,10-11,13-14,18H,8-9,12,15-17H2,1-2H3,(H,25,28). The highest BCUT2D eigenvalue weighted by atomic mass is 32.2. The van der Waals surface area contributed by atoms with Gasteiger partial charge in [-0.2, -0.15) is 0 Å². The summed E-state index contributed by atoms with van der Waals surface area (Å²) in [6, 6.07) is 17.6. The maximum absolute atomic E-state index is 13.2. The highest BCUT2D eigenvalue weighted by molar-refractivity contribution is 8.00.